The first-order valence-corrected chi connectivity index (χ1v) is 19.6. The van der Waals surface area contributed by atoms with Gasteiger partial charge in [0.2, 0.25) is 0 Å². The number of allylic oxidation sites excluding steroid dienone is 1. The van der Waals surface area contributed by atoms with Gasteiger partial charge in [0.1, 0.15) is 28.6 Å². The summed E-state index contributed by atoms with van der Waals surface area (Å²) < 4.78 is 16.5. The number of aliphatic hydroxyl groups is 1. The van der Waals surface area contributed by atoms with Crippen molar-refractivity contribution in [3.05, 3.63) is 191 Å². The van der Waals surface area contributed by atoms with Crippen molar-refractivity contribution in [3.8, 4) is 11.1 Å². The molecule has 306 valence electrons. The first-order valence-electron chi connectivity index (χ1n) is 19.6. The molecule has 0 bridgehead atoms. The molecule has 0 radical (unpaired) electrons. The lowest BCUT2D eigenvalue weighted by atomic mass is 9.77. The lowest BCUT2D eigenvalue weighted by Crippen LogP contribution is -2.38. The van der Waals surface area contributed by atoms with Crippen LogP contribution in [0.25, 0.3) is 11.1 Å². The third-order valence-electron chi connectivity index (χ3n) is 10.0. The highest BCUT2D eigenvalue weighted by Crippen LogP contribution is 2.41. The maximum atomic E-state index is 13.9. The summed E-state index contributed by atoms with van der Waals surface area (Å²) in [6.45, 7) is 10.9. The molecular weight excluding hydrogens is 739 g/mol. The zero-order valence-corrected chi connectivity index (χ0v) is 34.8. The standard InChI is InChI=1S/C49H55N5O5/c1-8-20-45(51-36(3)48(4,5)56)54(47(55)59-34-44(58-7)35(2)57-6)33-37-29-31-38(32-30-37)42-27-18-19-28-43(42)46(53-50)52-49(39-21-12-9-13-22-39,40-23-14-10-15-24-40)41-25-16-11-17-26-41/h9-19,21-32,56H,3,8,20,33-34,50H2,1-2,4-7H3,(H,52,53)/b44-35-,51-45?. The van der Waals surface area contributed by atoms with Gasteiger partial charge in [0.05, 0.1) is 26.5 Å². The van der Waals surface area contributed by atoms with Crippen molar-refractivity contribution in [2.45, 2.75) is 58.2 Å². The maximum Gasteiger partial charge on any atom is 0.415 e. The Morgan fingerprint density at radius 1 is 0.797 bits per heavy atom. The van der Waals surface area contributed by atoms with E-state index in [2.05, 4.69) is 53.4 Å². The van der Waals surface area contributed by atoms with Crippen molar-refractivity contribution in [3.63, 3.8) is 0 Å². The molecule has 4 N–H and O–H groups in total. The van der Waals surface area contributed by atoms with Crippen molar-refractivity contribution >= 4 is 17.8 Å². The molecule has 0 heterocycles. The molecule has 5 aromatic carbocycles. The summed E-state index contributed by atoms with van der Waals surface area (Å²) in [5, 5.41) is 10.7. The molecule has 0 spiro atoms. The predicted molar refractivity (Wildman–Crippen MR) is 236 cm³/mol. The minimum atomic E-state index is -1.30. The van der Waals surface area contributed by atoms with E-state index in [1.165, 1.54) is 19.1 Å². The van der Waals surface area contributed by atoms with Crippen LogP contribution in [0.3, 0.4) is 0 Å². The quantitative estimate of drug-likeness (QED) is 0.0227. The van der Waals surface area contributed by atoms with E-state index in [0.29, 0.717) is 36.0 Å². The van der Waals surface area contributed by atoms with Crippen LogP contribution in [0.1, 0.15) is 68.4 Å². The normalized spacial score (nSPS) is 12.6. The molecule has 0 atom stereocenters. The fraction of sp³-hybridized carbons (Fsp3) is 0.245. The molecule has 0 saturated heterocycles. The van der Waals surface area contributed by atoms with E-state index >= 15 is 0 Å². The van der Waals surface area contributed by atoms with Crippen LogP contribution < -0.4 is 11.3 Å². The average Bonchev–Trinajstić information content (AvgIpc) is 3.27. The third-order valence-corrected chi connectivity index (χ3v) is 10.0. The van der Waals surface area contributed by atoms with Crippen LogP contribution in [0.5, 0.6) is 0 Å². The minimum absolute atomic E-state index is 0.138. The van der Waals surface area contributed by atoms with E-state index in [1.54, 1.807) is 20.8 Å². The molecule has 0 saturated carbocycles. The van der Waals surface area contributed by atoms with Gasteiger partial charge in [0, 0.05) is 12.0 Å². The number of ether oxygens (including phenoxy) is 3. The first kappa shape index (κ1) is 43.6. The van der Waals surface area contributed by atoms with Gasteiger partial charge in [0.25, 0.3) is 0 Å². The van der Waals surface area contributed by atoms with Gasteiger partial charge in [-0.2, -0.15) is 0 Å². The van der Waals surface area contributed by atoms with Gasteiger partial charge < -0.3 is 24.7 Å². The van der Waals surface area contributed by atoms with Gasteiger partial charge in [-0.25, -0.2) is 20.6 Å². The molecule has 10 heteroatoms. The van der Waals surface area contributed by atoms with Crippen molar-refractivity contribution in [1.82, 2.24) is 10.3 Å². The molecular formula is C49H55N5O5. The molecule has 0 aliphatic rings. The van der Waals surface area contributed by atoms with Crippen LogP contribution in [0.2, 0.25) is 0 Å². The van der Waals surface area contributed by atoms with E-state index < -0.39 is 17.2 Å². The van der Waals surface area contributed by atoms with Crippen LogP contribution in [0.4, 0.5) is 4.79 Å². The molecule has 1 amide bonds. The van der Waals surface area contributed by atoms with E-state index in [4.69, 9.17) is 25.0 Å². The average molecular weight is 794 g/mol. The van der Waals surface area contributed by atoms with Gasteiger partial charge in [-0.3, -0.25) is 4.90 Å². The number of hydrogen-bond donors (Lipinski definition) is 3. The molecule has 0 aliphatic carbocycles. The molecule has 0 aliphatic heterocycles. The first-order chi connectivity index (χ1) is 28.5. The van der Waals surface area contributed by atoms with Crippen molar-refractivity contribution < 1.29 is 24.1 Å². The van der Waals surface area contributed by atoms with Gasteiger partial charge in [-0.1, -0.05) is 153 Å². The SMILES string of the molecule is C=C(N=C(CCC)N(Cc1ccc(-c2ccccc2C(=NC(c2ccccc2)(c2ccccc2)c2ccccc2)NN)cc1)C(=O)OC/C(OC)=C(\C)OC)C(C)(C)O. The Kier molecular flexibility index (Phi) is 15.0. The number of amidine groups is 2. The smallest absolute Gasteiger partial charge is 0.415 e. The summed E-state index contributed by atoms with van der Waals surface area (Å²) in [4.78, 5) is 25.6. The monoisotopic (exact) mass is 793 g/mol. The number of aliphatic imine (C=N–C) groups is 2. The Morgan fingerprint density at radius 2 is 1.32 bits per heavy atom. The van der Waals surface area contributed by atoms with Gasteiger partial charge in [-0.05, 0) is 60.6 Å². The third kappa shape index (κ3) is 10.5. The Balaban J connectivity index is 1.57. The Morgan fingerprint density at radius 3 is 1.80 bits per heavy atom. The molecule has 0 unspecified atom stereocenters. The Bertz CT molecular complexity index is 2150. The number of nitrogens with one attached hydrogen (secondary N) is 1. The zero-order chi connectivity index (χ0) is 42.4. The summed E-state index contributed by atoms with van der Waals surface area (Å²) in [5.74, 6) is 8.19. The van der Waals surface area contributed by atoms with E-state index in [0.717, 1.165) is 38.9 Å². The van der Waals surface area contributed by atoms with Crippen LogP contribution in [0.15, 0.2) is 173 Å². The maximum absolute atomic E-state index is 13.9. The summed E-state index contributed by atoms with van der Waals surface area (Å²) >= 11 is 0. The largest absolute Gasteiger partial charge is 0.498 e. The lowest BCUT2D eigenvalue weighted by molar-refractivity contribution is 0.103. The van der Waals surface area contributed by atoms with E-state index in [-0.39, 0.29) is 18.8 Å². The number of carbonyl (C=O) groups excluding carboxylic acids is 1. The fourth-order valence-corrected chi connectivity index (χ4v) is 6.64. The summed E-state index contributed by atoms with van der Waals surface area (Å²) in [7, 11) is 3.01. The van der Waals surface area contributed by atoms with Gasteiger partial charge in [0.15, 0.2) is 12.4 Å². The molecule has 0 fully saturated rings. The Labute approximate surface area is 348 Å². The van der Waals surface area contributed by atoms with Crippen LogP contribution in [-0.4, -0.2) is 54.2 Å². The Hall–Kier alpha value is -6.49. The summed E-state index contributed by atoms with van der Waals surface area (Å²) in [6, 6.07) is 46.6. The van der Waals surface area contributed by atoms with Crippen LogP contribution >= 0.6 is 0 Å². The predicted octanol–water partition coefficient (Wildman–Crippen LogP) is 9.50. The van der Waals surface area contributed by atoms with Crippen molar-refractivity contribution in [2.24, 2.45) is 15.8 Å². The fourth-order valence-electron chi connectivity index (χ4n) is 6.64. The second-order valence-electron chi connectivity index (χ2n) is 14.5. The second kappa shape index (κ2) is 20.3. The van der Waals surface area contributed by atoms with Crippen molar-refractivity contribution in [2.75, 3.05) is 20.8 Å². The molecule has 5 aromatic rings. The number of hydrogen-bond acceptors (Lipinski definition) is 8. The van der Waals surface area contributed by atoms with Crippen LogP contribution in [-0.2, 0) is 26.3 Å². The molecule has 0 aromatic heterocycles. The van der Waals surface area contributed by atoms with Crippen LogP contribution in [0, 0.1) is 0 Å². The zero-order valence-electron chi connectivity index (χ0n) is 34.8. The van der Waals surface area contributed by atoms with E-state index in [9.17, 15) is 9.90 Å². The molecule has 59 heavy (non-hydrogen) atoms. The van der Waals surface area contributed by atoms with Gasteiger partial charge >= 0.3 is 6.09 Å². The number of methoxy groups -OCH3 is 2. The van der Waals surface area contributed by atoms with E-state index in [1.807, 2.05) is 110 Å². The lowest BCUT2D eigenvalue weighted by Gasteiger charge is -2.33. The summed E-state index contributed by atoms with van der Waals surface area (Å²) in [6.07, 6.45) is 0.481. The number of carbonyl (C=O) groups is 1. The summed E-state index contributed by atoms with van der Waals surface area (Å²) in [5.41, 5.74) is 7.32. The number of rotatable bonds is 16. The highest BCUT2D eigenvalue weighted by atomic mass is 16.6. The second-order valence-corrected chi connectivity index (χ2v) is 14.5. The number of benzene rings is 5. The van der Waals surface area contributed by atoms with Gasteiger partial charge in [-0.15, -0.1) is 0 Å². The highest BCUT2D eigenvalue weighted by Gasteiger charge is 2.37. The van der Waals surface area contributed by atoms with Crippen molar-refractivity contribution in [1.29, 1.82) is 0 Å². The number of nitrogens with zero attached hydrogens (tertiary/aromatic N) is 3. The highest BCUT2D eigenvalue weighted by molar-refractivity contribution is 6.05. The number of nitrogens with two attached hydrogens (primary N) is 1. The molecule has 5 rings (SSSR count). The molecule has 10 nitrogen and oxygen atoms in total. The number of amides is 1. The topological polar surface area (TPSA) is 131 Å². The minimum Gasteiger partial charge on any atom is -0.498 e. The number of hydrazine groups is 1.